The van der Waals surface area contributed by atoms with Crippen LogP contribution in [0.1, 0.15) is 21.6 Å². The average Bonchev–Trinajstić information content (AvgIpc) is 2.99. The van der Waals surface area contributed by atoms with Gasteiger partial charge in [0.25, 0.3) is 5.91 Å². The minimum atomic E-state index is -0.737. The summed E-state index contributed by atoms with van der Waals surface area (Å²) in [5.41, 5.74) is 9.10. The van der Waals surface area contributed by atoms with Crippen molar-refractivity contribution in [3.8, 4) is 17.1 Å². The monoisotopic (exact) mass is 437 g/mol. The van der Waals surface area contributed by atoms with Gasteiger partial charge in [0, 0.05) is 10.0 Å². The van der Waals surface area contributed by atoms with E-state index in [1.54, 1.807) is 0 Å². The molecule has 0 saturated heterocycles. The van der Waals surface area contributed by atoms with E-state index in [9.17, 15) is 9.59 Å². The summed E-state index contributed by atoms with van der Waals surface area (Å²) in [4.78, 5) is 36.2. The molecular formula is C20H16BrN5O2. The van der Waals surface area contributed by atoms with Crippen molar-refractivity contribution in [3.05, 3.63) is 74.2 Å². The number of carbonyl (C=O) groups is 1. The summed E-state index contributed by atoms with van der Waals surface area (Å²) >= 11 is 3.39. The van der Waals surface area contributed by atoms with Crippen molar-refractivity contribution in [3.63, 3.8) is 0 Å². The molecule has 0 radical (unpaired) electrons. The Morgan fingerprint density at radius 1 is 1.07 bits per heavy atom. The summed E-state index contributed by atoms with van der Waals surface area (Å²) in [7, 11) is 0. The summed E-state index contributed by atoms with van der Waals surface area (Å²) < 4.78 is 2.33. The van der Waals surface area contributed by atoms with Crippen molar-refractivity contribution in [2.45, 2.75) is 13.8 Å². The lowest BCUT2D eigenvalue weighted by atomic mass is 10.1. The van der Waals surface area contributed by atoms with Crippen molar-refractivity contribution >= 4 is 33.0 Å². The first-order valence-electron chi connectivity index (χ1n) is 8.51. The highest BCUT2D eigenvalue weighted by Crippen LogP contribution is 2.24. The standard InChI is InChI=1S/C20H16BrN5O2/c1-10-3-8-14(9-11(10)2)26-19-16(24-20(26)28)15(17(22)27)23-18(25-19)12-4-6-13(21)7-5-12/h3-9H,1-2H3,(H2,22,27)(H,24,28). The number of nitrogens with two attached hydrogens (primary N) is 1. The zero-order chi connectivity index (χ0) is 20.0. The third-order valence-corrected chi connectivity index (χ3v) is 5.15. The normalized spacial score (nSPS) is 11.1. The number of amides is 1. The molecule has 0 fully saturated rings. The molecule has 140 valence electrons. The molecule has 28 heavy (non-hydrogen) atoms. The molecule has 0 bridgehead atoms. The molecule has 2 aromatic heterocycles. The molecule has 4 aromatic rings. The Labute approximate surface area is 168 Å². The van der Waals surface area contributed by atoms with E-state index < -0.39 is 11.6 Å². The molecule has 0 atom stereocenters. The van der Waals surface area contributed by atoms with Crippen LogP contribution in [-0.4, -0.2) is 25.4 Å². The highest BCUT2D eigenvalue weighted by Gasteiger charge is 2.20. The van der Waals surface area contributed by atoms with E-state index in [1.165, 1.54) is 4.57 Å². The largest absolute Gasteiger partial charge is 0.364 e. The smallest absolute Gasteiger partial charge is 0.332 e. The summed E-state index contributed by atoms with van der Waals surface area (Å²) in [6.45, 7) is 3.96. The van der Waals surface area contributed by atoms with Crippen LogP contribution in [0.3, 0.4) is 0 Å². The average molecular weight is 438 g/mol. The lowest BCUT2D eigenvalue weighted by Crippen LogP contribution is -2.15. The topological polar surface area (TPSA) is 107 Å². The lowest BCUT2D eigenvalue weighted by molar-refractivity contribution is 0.0997. The number of hydrogen-bond acceptors (Lipinski definition) is 4. The summed E-state index contributed by atoms with van der Waals surface area (Å²) in [6, 6.07) is 13.0. The van der Waals surface area contributed by atoms with Crippen molar-refractivity contribution in [1.29, 1.82) is 0 Å². The van der Waals surface area contributed by atoms with Crippen molar-refractivity contribution < 1.29 is 4.79 Å². The van der Waals surface area contributed by atoms with E-state index in [1.807, 2.05) is 56.3 Å². The van der Waals surface area contributed by atoms with Crippen LogP contribution in [0.2, 0.25) is 0 Å². The zero-order valence-electron chi connectivity index (χ0n) is 15.2. The molecule has 0 aliphatic heterocycles. The van der Waals surface area contributed by atoms with Crippen LogP contribution >= 0.6 is 15.9 Å². The predicted octanol–water partition coefficient (Wildman–Crippen LogP) is 3.25. The van der Waals surface area contributed by atoms with Crippen LogP contribution in [0.5, 0.6) is 0 Å². The molecular weight excluding hydrogens is 422 g/mol. The number of imidazole rings is 1. The Morgan fingerprint density at radius 3 is 2.43 bits per heavy atom. The van der Waals surface area contributed by atoms with E-state index in [0.717, 1.165) is 15.6 Å². The Kier molecular flexibility index (Phi) is 4.35. The second-order valence-electron chi connectivity index (χ2n) is 6.50. The Morgan fingerprint density at radius 2 is 1.79 bits per heavy atom. The minimum absolute atomic E-state index is 0.0254. The molecule has 1 amide bonds. The van der Waals surface area contributed by atoms with Gasteiger partial charge in [-0.3, -0.25) is 4.79 Å². The van der Waals surface area contributed by atoms with Crippen molar-refractivity contribution in [2.24, 2.45) is 5.73 Å². The van der Waals surface area contributed by atoms with Crippen LogP contribution in [0.15, 0.2) is 51.7 Å². The fourth-order valence-corrected chi connectivity index (χ4v) is 3.26. The maximum absolute atomic E-state index is 12.7. The number of hydrogen-bond donors (Lipinski definition) is 2. The van der Waals surface area contributed by atoms with Gasteiger partial charge < -0.3 is 10.7 Å². The van der Waals surface area contributed by atoms with Gasteiger partial charge in [-0.15, -0.1) is 0 Å². The molecule has 0 unspecified atom stereocenters. The Hall–Kier alpha value is -3.26. The first-order chi connectivity index (χ1) is 13.3. The summed E-state index contributed by atoms with van der Waals surface area (Å²) in [5.74, 6) is -0.426. The van der Waals surface area contributed by atoms with Crippen LogP contribution < -0.4 is 11.4 Å². The number of halogens is 1. The molecule has 3 N–H and O–H groups in total. The molecule has 0 aliphatic rings. The van der Waals surface area contributed by atoms with Crippen molar-refractivity contribution in [2.75, 3.05) is 0 Å². The number of aryl methyl sites for hydroxylation is 2. The molecule has 0 aliphatic carbocycles. The first kappa shape index (κ1) is 18.1. The molecule has 0 spiro atoms. The molecule has 7 nitrogen and oxygen atoms in total. The van der Waals surface area contributed by atoms with Gasteiger partial charge in [-0.25, -0.2) is 19.3 Å². The SMILES string of the molecule is Cc1ccc(-n2c(=O)[nH]c3c(C(N)=O)nc(-c4ccc(Br)cc4)nc32)cc1C. The highest BCUT2D eigenvalue weighted by molar-refractivity contribution is 9.10. The third kappa shape index (κ3) is 3.01. The van der Waals surface area contributed by atoms with Gasteiger partial charge in [-0.05, 0) is 49.2 Å². The lowest BCUT2D eigenvalue weighted by Gasteiger charge is -2.08. The van der Waals surface area contributed by atoms with Crippen LogP contribution in [0.25, 0.3) is 28.2 Å². The number of primary amides is 1. The first-order valence-corrected chi connectivity index (χ1v) is 9.30. The van der Waals surface area contributed by atoms with E-state index in [-0.39, 0.29) is 11.2 Å². The fraction of sp³-hybridized carbons (Fsp3) is 0.100. The van der Waals surface area contributed by atoms with E-state index in [4.69, 9.17) is 5.73 Å². The van der Waals surface area contributed by atoms with Gasteiger partial charge in [0.15, 0.2) is 17.2 Å². The van der Waals surface area contributed by atoms with Crippen LogP contribution in [0.4, 0.5) is 0 Å². The summed E-state index contributed by atoms with van der Waals surface area (Å²) in [5, 5.41) is 0. The molecule has 2 heterocycles. The third-order valence-electron chi connectivity index (χ3n) is 4.62. The van der Waals surface area contributed by atoms with E-state index in [2.05, 4.69) is 30.9 Å². The van der Waals surface area contributed by atoms with Crippen LogP contribution in [-0.2, 0) is 0 Å². The Balaban J connectivity index is 2.05. The number of aromatic nitrogens is 4. The van der Waals surface area contributed by atoms with Gasteiger partial charge in [-0.2, -0.15) is 0 Å². The van der Waals surface area contributed by atoms with E-state index in [0.29, 0.717) is 22.7 Å². The number of benzene rings is 2. The maximum atomic E-state index is 12.7. The number of aromatic amines is 1. The highest BCUT2D eigenvalue weighted by atomic mass is 79.9. The number of fused-ring (bicyclic) bond motifs is 1. The molecule has 8 heteroatoms. The fourth-order valence-electron chi connectivity index (χ4n) is 3.00. The minimum Gasteiger partial charge on any atom is -0.364 e. The van der Waals surface area contributed by atoms with E-state index >= 15 is 0 Å². The summed E-state index contributed by atoms with van der Waals surface area (Å²) in [6.07, 6.45) is 0. The van der Waals surface area contributed by atoms with Gasteiger partial charge >= 0.3 is 5.69 Å². The number of nitrogens with zero attached hydrogens (tertiary/aromatic N) is 3. The van der Waals surface area contributed by atoms with Crippen molar-refractivity contribution in [1.82, 2.24) is 19.5 Å². The molecule has 0 saturated carbocycles. The van der Waals surface area contributed by atoms with Gasteiger partial charge in [-0.1, -0.05) is 34.1 Å². The molecule has 2 aromatic carbocycles. The quantitative estimate of drug-likeness (QED) is 0.512. The predicted molar refractivity (Wildman–Crippen MR) is 111 cm³/mol. The Bertz CT molecular complexity index is 1290. The number of H-pyrrole nitrogens is 1. The van der Waals surface area contributed by atoms with Gasteiger partial charge in [0.05, 0.1) is 5.69 Å². The number of nitrogens with one attached hydrogen (secondary N) is 1. The second kappa shape index (κ2) is 6.72. The van der Waals surface area contributed by atoms with Gasteiger partial charge in [0.1, 0.15) is 5.52 Å². The number of rotatable bonds is 3. The molecule has 4 rings (SSSR count). The maximum Gasteiger partial charge on any atom is 0.332 e. The van der Waals surface area contributed by atoms with Gasteiger partial charge in [0.2, 0.25) is 0 Å². The second-order valence-corrected chi connectivity index (χ2v) is 7.42. The number of carbonyl (C=O) groups excluding carboxylic acids is 1. The zero-order valence-corrected chi connectivity index (χ0v) is 16.7. The van der Waals surface area contributed by atoms with Crippen LogP contribution in [0, 0.1) is 13.8 Å².